The van der Waals surface area contributed by atoms with Crippen molar-refractivity contribution in [1.82, 2.24) is 16.0 Å². The molecule has 0 radical (unpaired) electrons. The number of fused-ring (bicyclic) bond motifs is 1. The molecule has 2 saturated heterocycles. The topological polar surface area (TPSA) is 214 Å². The monoisotopic (exact) mass is 374 g/mol. The Labute approximate surface area is 147 Å². The zero-order valence-corrected chi connectivity index (χ0v) is 13.6. The molecule has 3 aliphatic heterocycles. The lowest BCUT2D eigenvalue weighted by atomic mass is 9.96. The van der Waals surface area contributed by atoms with E-state index in [0.717, 1.165) is 0 Å². The van der Waals surface area contributed by atoms with Crippen molar-refractivity contribution in [3.63, 3.8) is 0 Å². The smallest absolute Gasteiger partial charge is 0.404 e. The summed E-state index contributed by atoms with van der Waals surface area (Å²) in [5, 5.41) is 37.8. The maximum atomic E-state index is 11.8. The van der Waals surface area contributed by atoms with Crippen molar-refractivity contribution in [3.8, 4) is 0 Å². The van der Waals surface area contributed by atoms with Gasteiger partial charge in [-0.05, 0) is 0 Å². The van der Waals surface area contributed by atoms with E-state index < -0.39 is 61.5 Å². The Morgan fingerprint density at radius 2 is 2.19 bits per heavy atom. The summed E-state index contributed by atoms with van der Waals surface area (Å²) in [6, 6.07) is -2.48. The molecule has 2 amide bonds. The summed E-state index contributed by atoms with van der Waals surface area (Å²) >= 11 is 0. The Balaban J connectivity index is 1.69. The number of carbonyl (C=O) groups excluding carboxylic acids is 2. The quantitative estimate of drug-likeness (QED) is 0.235. The highest BCUT2D eigenvalue weighted by molar-refractivity contribution is 5.92. The number of aliphatic hydroxyl groups is 3. The van der Waals surface area contributed by atoms with Crippen molar-refractivity contribution < 1.29 is 34.4 Å². The molecule has 13 nitrogen and oxygen atoms in total. The van der Waals surface area contributed by atoms with Crippen LogP contribution in [0.15, 0.2) is 4.99 Å². The summed E-state index contributed by atoms with van der Waals surface area (Å²) in [7, 11) is 0. The first kappa shape index (κ1) is 18.6. The maximum Gasteiger partial charge on any atom is 0.404 e. The lowest BCUT2D eigenvalue weighted by Gasteiger charge is -2.42. The molecular formula is C13H22N6O7. The molecule has 3 rings (SSSR count). The summed E-state index contributed by atoms with van der Waals surface area (Å²) in [6.45, 7) is -0.459. The van der Waals surface area contributed by atoms with Crippen LogP contribution in [0, 0.1) is 0 Å². The molecule has 10 N–H and O–H groups in total. The molecule has 3 aliphatic rings. The number of nitrogens with two attached hydrogens (primary N) is 2. The minimum absolute atomic E-state index is 0.104. The first-order valence-electron chi connectivity index (χ1n) is 8.04. The van der Waals surface area contributed by atoms with Gasteiger partial charge in [-0.25, -0.2) is 9.79 Å². The predicted octanol–water partition coefficient (Wildman–Crippen LogP) is -5.37. The average molecular weight is 374 g/mol. The molecule has 0 bridgehead atoms. The molecule has 26 heavy (non-hydrogen) atoms. The number of nitrogens with zero attached hydrogens (tertiary/aromatic N) is 1. The molecule has 3 heterocycles. The highest BCUT2D eigenvalue weighted by atomic mass is 16.6. The summed E-state index contributed by atoms with van der Waals surface area (Å²) < 4.78 is 10.3. The SMILES string of the molecule is NC(=O)O[C@@H]1[C@@H](O)[C@@H](N)[C@H](NC2=N[C@@H]3C(=O)NC[C@@H](O)[C@H]3N2)O[C@@H]1CO. The van der Waals surface area contributed by atoms with Crippen LogP contribution in [-0.4, -0.2) is 95.2 Å². The minimum Gasteiger partial charge on any atom is -0.441 e. The lowest BCUT2D eigenvalue weighted by Crippen LogP contribution is -2.68. The van der Waals surface area contributed by atoms with Gasteiger partial charge in [0.1, 0.15) is 18.4 Å². The van der Waals surface area contributed by atoms with Crippen LogP contribution < -0.4 is 27.4 Å². The van der Waals surface area contributed by atoms with Gasteiger partial charge in [0.25, 0.3) is 0 Å². The third-order valence-electron chi connectivity index (χ3n) is 4.56. The van der Waals surface area contributed by atoms with E-state index in [1.54, 1.807) is 0 Å². The summed E-state index contributed by atoms with van der Waals surface area (Å²) in [5.74, 6) is -0.184. The number of ether oxygens (including phenoxy) is 2. The minimum atomic E-state index is -1.37. The van der Waals surface area contributed by atoms with Crippen LogP contribution in [0.3, 0.4) is 0 Å². The molecule has 0 aromatic carbocycles. The Morgan fingerprint density at radius 1 is 1.46 bits per heavy atom. The molecule has 2 fully saturated rings. The Kier molecular flexibility index (Phi) is 5.15. The van der Waals surface area contributed by atoms with Gasteiger partial charge in [-0.1, -0.05) is 0 Å². The van der Waals surface area contributed by atoms with Crippen LogP contribution in [0.1, 0.15) is 0 Å². The largest absolute Gasteiger partial charge is 0.441 e. The van der Waals surface area contributed by atoms with E-state index in [9.17, 15) is 24.9 Å². The van der Waals surface area contributed by atoms with Gasteiger partial charge in [-0.2, -0.15) is 0 Å². The highest BCUT2D eigenvalue weighted by Gasteiger charge is 2.47. The van der Waals surface area contributed by atoms with Crippen molar-refractivity contribution in [2.24, 2.45) is 16.5 Å². The average Bonchev–Trinajstić information content (AvgIpc) is 3.02. The maximum absolute atomic E-state index is 11.8. The summed E-state index contributed by atoms with van der Waals surface area (Å²) in [5.41, 5.74) is 10.9. The Bertz CT molecular complexity index is 602. The van der Waals surface area contributed by atoms with Crippen LogP contribution in [0.2, 0.25) is 0 Å². The zero-order chi connectivity index (χ0) is 19.0. The number of aliphatic imine (C=N–C) groups is 1. The number of nitrogens with one attached hydrogen (secondary N) is 3. The van der Waals surface area contributed by atoms with Crippen molar-refractivity contribution in [2.45, 2.75) is 48.8 Å². The number of carbonyl (C=O) groups is 2. The van der Waals surface area contributed by atoms with E-state index in [1.165, 1.54) is 0 Å². The molecule has 0 aromatic heterocycles. The van der Waals surface area contributed by atoms with E-state index in [-0.39, 0.29) is 18.4 Å². The predicted molar refractivity (Wildman–Crippen MR) is 84.5 cm³/mol. The third kappa shape index (κ3) is 3.39. The number of piperidine rings is 1. The number of hydrogen-bond acceptors (Lipinski definition) is 11. The van der Waals surface area contributed by atoms with Crippen LogP contribution in [-0.2, 0) is 14.3 Å². The van der Waals surface area contributed by atoms with E-state index >= 15 is 0 Å². The lowest BCUT2D eigenvalue weighted by molar-refractivity contribution is -0.191. The first-order valence-corrected chi connectivity index (χ1v) is 8.04. The first-order chi connectivity index (χ1) is 12.3. The number of hydrogen-bond donors (Lipinski definition) is 8. The Hall–Kier alpha value is -2.19. The molecular weight excluding hydrogens is 352 g/mol. The second-order valence-corrected chi connectivity index (χ2v) is 6.30. The number of guanidine groups is 1. The normalized spacial score (nSPS) is 42.2. The number of aliphatic hydroxyl groups excluding tert-OH is 3. The van der Waals surface area contributed by atoms with Gasteiger partial charge < -0.3 is 52.2 Å². The van der Waals surface area contributed by atoms with Crippen molar-refractivity contribution >= 4 is 18.0 Å². The fourth-order valence-corrected chi connectivity index (χ4v) is 3.20. The van der Waals surface area contributed by atoms with E-state index in [1.807, 2.05) is 0 Å². The molecule has 0 aliphatic carbocycles. The van der Waals surface area contributed by atoms with Gasteiger partial charge >= 0.3 is 6.09 Å². The number of primary amides is 1. The standard InChI is InChI=1S/C13H22N6O7/c14-5-8(22)9(26-12(15)24)4(2-20)25-11(5)19-13-17-6-3(21)1-16-10(23)7(6)18-13/h3-9,11,20-22H,1-2,14H2,(H2,15,24)(H,16,23)(H2,17,18,19)/t3-,4-,5-,6-,7+,8+,9+,11-/m1/s1. The fourth-order valence-electron chi connectivity index (χ4n) is 3.20. The van der Waals surface area contributed by atoms with Gasteiger partial charge in [-0.15, -0.1) is 0 Å². The second-order valence-electron chi connectivity index (χ2n) is 6.30. The molecule has 8 atom stereocenters. The van der Waals surface area contributed by atoms with Crippen molar-refractivity contribution in [2.75, 3.05) is 13.2 Å². The molecule has 13 heteroatoms. The fraction of sp³-hybridized carbons (Fsp3) is 0.769. The molecule has 0 saturated carbocycles. The number of rotatable bonds is 3. The van der Waals surface area contributed by atoms with Gasteiger partial charge in [0.05, 0.1) is 24.8 Å². The van der Waals surface area contributed by atoms with Gasteiger partial charge in [-0.3, -0.25) is 4.79 Å². The van der Waals surface area contributed by atoms with E-state index in [2.05, 4.69) is 20.9 Å². The molecule has 146 valence electrons. The Morgan fingerprint density at radius 3 is 2.81 bits per heavy atom. The van der Waals surface area contributed by atoms with Crippen LogP contribution >= 0.6 is 0 Å². The highest BCUT2D eigenvalue weighted by Crippen LogP contribution is 2.22. The number of amides is 2. The second kappa shape index (κ2) is 7.20. The van der Waals surface area contributed by atoms with Crippen LogP contribution in [0.25, 0.3) is 0 Å². The van der Waals surface area contributed by atoms with Crippen LogP contribution in [0.5, 0.6) is 0 Å². The molecule has 0 spiro atoms. The molecule has 0 aromatic rings. The third-order valence-corrected chi connectivity index (χ3v) is 4.56. The van der Waals surface area contributed by atoms with Crippen LogP contribution in [0.4, 0.5) is 4.79 Å². The zero-order valence-electron chi connectivity index (χ0n) is 13.6. The summed E-state index contributed by atoms with van der Waals surface area (Å²) in [6.07, 6.45) is -6.66. The van der Waals surface area contributed by atoms with E-state index in [0.29, 0.717) is 0 Å². The van der Waals surface area contributed by atoms with Gasteiger partial charge in [0.2, 0.25) is 5.91 Å². The van der Waals surface area contributed by atoms with Crippen molar-refractivity contribution in [1.29, 1.82) is 0 Å². The van der Waals surface area contributed by atoms with E-state index in [4.69, 9.17) is 20.9 Å². The van der Waals surface area contributed by atoms with Gasteiger partial charge in [0, 0.05) is 6.54 Å². The molecule has 0 unspecified atom stereocenters. The number of β-amino-alcohol motifs (C(OH)–C–C–N with tert-alkyl or cyclic N) is 1. The van der Waals surface area contributed by atoms with Gasteiger partial charge in [0.15, 0.2) is 18.1 Å². The van der Waals surface area contributed by atoms with Crippen molar-refractivity contribution in [3.05, 3.63) is 0 Å². The summed E-state index contributed by atoms with van der Waals surface area (Å²) in [4.78, 5) is 26.9.